The normalized spacial score (nSPS) is 13.3. The zero-order valence-corrected chi connectivity index (χ0v) is 21.3. The Balaban J connectivity index is 1.44. The van der Waals surface area contributed by atoms with Crippen molar-refractivity contribution in [3.05, 3.63) is 64.7 Å². The van der Waals surface area contributed by atoms with Gasteiger partial charge in [0.25, 0.3) is 5.91 Å². The molecule has 0 saturated carbocycles. The van der Waals surface area contributed by atoms with Crippen molar-refractivity contribution in [2.45, 2.75) is 37.8 Å². The van der Waals surface area contributed by atoms with Crippen LogP contribution in [0.2, 0.25) is 0 Å². The van der Waals surface area contributed by atoms with Crippen molar-refractivity contribution in [3.63, 3.8) is 0 Å². The Morgan fingerprint density at radius 3 is 2.60 bits per heavy atom. The van der Waals surface area contributed by atoms with E-state index in [9.17, 15) is 18.0 Å². The number of amides is 3. The van der Waals surface area contributed by atoms with E-state index in [1.165, 1.54) is 17.6 Å². The van der Waals surface area contributed by atoms with Gasteiger partial charge in [-0.15, -0.1) is 0 Å². The molecule has 3 aromatic rings. The molecular weight excluding hydrogens is 486 g/mol. The SMILES string of the molecule is CC(C)NC(=O)c1ccccc1NC(=O)Nc1nc2c(s1)CN(c1cccc(S(C)(=O)=O)c1)CC2. The van der Waals surface area contributed by atoms with Gasteiger partial charge >= 0.3 is 6.03 Å². The third-order valence-corrected chi connectivity index (χ3v) is 7.51. The standard InChI is InChI=1S/C24H27N5O4S2/c1-15(2)25-22(30)18-9-4-5-10-19(18)26-23(31)28-24-27-20-11-12-29(14-21(20)34-24)16-7-6-8-17(13-16)35(3,32)33/h4-10,13,15H,11-12,14H2,1-3H3,(H,25,30)(H2,26,27,28,31). The first-order valence-corrected chi connectivity index (χ1v) is 13.8. The molecule has 184 valence electrons. The van der Waals surface area contributed by atoms with Gasteiger partial charge in [0.2, 0.25) is 0 Å². The lowest BCUT2D eigenvalue weighted by atomic mass is 10.1. The molecule has 4 rings (SSSR count). The minimum Gasteiger partial charge on any atom is -0.366 e. The average Bonchev–Trinajstić information content (AvgIpc) is 3.19. The summed E-state index contributed by atoms with van der Waals surface area (Å²) < 4.78 is 23.8. The highest BCUT2D eigenvalue weighted by Gasteiger charge is 2.23. The van der Waals surface area contributed by atoms with E-state index in [2.05, 4.69) is 25.8 Å². The Morgan fingerprint density at radius 1 is 1.09 bits per heavy atom. The van der Waals surface area contributed by atoms with Crippen LogP contribution in [0, 0.1) is 0 Å². The predicted octanol–water partition coefficient (Wildman–Crippen LogP) is 3.89. The Hall–Kier alpha value is -3.44. The molecule has 1 aliphatic heterocycles. The van der Waals surface area contributed by atoms with Gasteiger partial charge in [0.05, 0.1) is 28.4 Å². The maximum absolute atomic E-state index is 12.7. The lowest BCUT2D eigenvalue weighted by Gasteiger charge is -2.28. The smallest absolute Gasteiger partial charge is 0.325 e. The van der Waals surface area contributed by atoms with Gasteiger partial charge in [-0.25, -0.2) is 18.2 Å². The zero-order chi connectivity index (χ0) is 25.2. The van der Waals surface area contributed by atoms with Gasteiger partial charge in [0.15, 0.2) is 15.0 Å². The number of rotatable bonds is 6. The van der Waals surface area contributed by atoms with Gasteiger partial charge in [-0.2, -0.15) is 0 Å². The highest BCUT2D eigenvalue weighted by molar-refractivity contribution is 7.90. The average molecular weight is 514 g/mol. The molecule has 0 atom stereocenters. The van der Waals surface area contributed by atoms with Crippen LogP contribution in [0.4, 0.5) is 21.3 Å². The summed E-state index contributed by atoms with van der Waals surface area (Å²) in [4.78, 5) is 33.0. The lowest BCUT2D eigenvalue weighted by molar-refractivity contribution is 0.0944. The number of carbonyl (C=O) groups excluding carboxylic acids is 2. The summed E-state index contributed by atoms with van der Waals surface area (Å²) in [7, 11) is -3.29. The van der Waals surface area contributed by atoms with E-state index < -0.39 is 15.9 Å². The quantitative estimate of drug-likeness (QED) is 0.460. The van der Waals surface area contributed by atoms with E-state index in [0.717, 1.165) is 16.3 Å². The zero-order valence-electron chi connectivity index (χ0n) is 19.7. The Labute approximate surface area is 208 Å². The van der Waals surface area contributed by atoms with Crippen LogP contribution in [0.25, 0.3) is 0 Å². The molecule has 35 heavy (non-hydrogen) atoms. The monoisotopic (exact) mass is 513 g/mol. The first-order valence-electron chi connectivity index (χ1n) is 11.1. The van der Waals surface area contributed by atoms with Gasteiger partial charge in [0, 0.05) is 35.8 Å². The van der Waals surface area contributed by atoms with Gasteiger partial charge in [-0.1, -0.05) is 29.5 Å². The number of anilines is 3. The van der Waals surface area contributed by atoms with E-state index in [1.807, 2.05) is 19.9 Å². The Morgan fingerprint density at radius 2 is 1.86 bits per heavy atom. The first-order chi connectivity index (χ1) is 16.6. The molecule has 1 aromatic heterocycles. The van der Waals surface area contributed by atoms with Gasteiger partial charge in [0.1, 0.15) is 0 Å². The molecular formula is C24H27N5O4S2. The minimum absolute atomic E-state index is 0.0283. The topological polar surface area (TPSA) is 120 Å². The molecule has 1 aliphatic rings. The van der Waals surface area contributed by atoms with Crippen LogP contribution in [0.5, 0.6) is 0 Å². The van der Waals surface area contributed by atoms with Crippen molar-refractivity contribution >= 4 is 49.6 Å². The van der Waals surface area contributed by atoms with Crippen LogP contribution < -0.4 is 20.9 Å². The van der Waals surface area contributed by atoms with Crippen molar-refractivity contribution in [1.82, 2.24) is 10.3 Å². The number of fused-ring (bicyclic) bond motifs is 1. The molecule has 0 bridgehead atoms. The number of hydrogen-bond acceptors (Lipinski definition) is 7. The number of nitrogens with zero attached hydrogens (tertiary/aromatic N) is 2. The molecule has 0 spiro atoms. The van der Waals surface area contributed by atoms with E-state index in [1.54, 1.807) is 42.5 Å². The number of sulfone groups is 1. The summed E-state index contributed by atoms with van der Waals surface area (Å²) in [5.41, 5.74) is 2.52. The van der Waals surface area contributed by atoms with Crippen molar-refractivity contribution in [1.29, 1.82) is 0 Å². The van der Waals surface area contributed by atoms with Crippen LogP contribution in [0.1, 0.15) is 34.8 Å². The van der Waals surface area contributed by atoms with Crippen molar-refractivity contribution < 1.29 is 18.0 Å². The van der Waals surface area contributed by atoms with E-state index in [-0.39, 0.29) is 16.8 Å². The number of carbonyl (C=O) groups is 2. The number of hydrogen-bond donors (Lipinski definition) is 3. The maximum Gasteiger partial charge on any atom is 0.325 e. The second kappa shape index (κ2) is 10.0. The third-order valence-electron chi connectivity index (χ3n) is 5.40. The summed E-state index contributed by atoms with van der Waals surface area (Å²) in [5.74, 6) is -0.263. The van der Waals surface area contributed by atoms with Gasteiger partial charge in [-0.3, -0.25) is 10.1 Å². The largest absolute Gasteiger partial charge is 0.366 e. The fourth-order valence-corrected chi connectivity index (χ4v) is 5.44. The van der Waals surface area contributed by atoms with Crippen molar-refractivity contribution in [3.8, 4) is 0 Å². The number of aromatic nitrogens is 1. The maximum atomic E-state index is 12.7. The second-order valence-electron chi connectivity index (χ2n) is 8.58. The lowest BCUT2D eigenvalue weighted by Crippen LogP contribution is -2.31. The minimum atomic E-state index is -3.29. The van der Waals surface area contributed by atoms with E-state index >= 15 is 0 Å². The molecule has 2 aromatic carbocycles. The fourth-order valence-electron chi connectivity index (χ4n) is 3.76. The molecule has 0 radical (unpaired) electrons. The van der Waals surface area contributed by atoms with Crippen LogP contribution in [0.3, 0.4) is 0 Å². The third kappa shape index (κ3) is 5.98. The summed E-state index contributed by atoms with van der Waals surface area (Å²) in [5, 5.41) is 8.79. The highest BCUT2D eigenvalue weighted by Crippen LogP contribution is 2.31. The summed E-state index contributed by atoms with van der Waals surface area (Å²) in [6.45, 7) is 5.00. The fraction of sp³-hybridized carbons (Fsp3) is 0.292. The van der Waals surface area contributed by atoms with Gasteiger partial charge < -0.3 is 15.5 Å². The predicted molar refractivity (Wildman–Crippen MR) is 138 cm³/mol. The van der Waals surface area contributed by atoms with Gasteiger partial charge in [-0.05, 0) is 44.2 Å². The molecule has 9 nitrogen and oxygen atoms in total. The highest BCUT2D eigenvalue weighted by atomic mass is 32.2. The van der Waals surface area contributed by atoms with E-state index in [0.29, 0.717) is 35.9 Å². The molecule has 11 heteroatoms. The Kier molecular flexibility index (Phi) is 7.08. The molecule has 3 N–H and O–H groups in total. The number of benzene rings is 2. The van der Waals surface area contributed by atoms with E-state index in [4.69, 9.17) is 0 Å². The van der Waals surface area contributed by atoms with Crippen molar-refractivity contribution in [2.75, 3.05) is 28.3 Å². The molecule has 0 saturated heterocycles. The summed E-state index contributed by atoms with van der Waals surface area (Å²) in [6.07, 6.45) is 1.87. The van der Waals surface area contributed by atoms with Crippen LogP contribution in [-0.4, -0.2) is 44.2 Å². The number of para-hydroxylation sites is 1. The van der Waals surface area contributed by atoms with Crippen LogP contribution >= 0.6 is 11.3 Å². The summed E-state index contributed by atoms with van der Waals surface area (Å²) >= 11 is 1.38. The van der Waals surface area contributed by atoms with Crippen molar-refractivity contribution in [2.24, 2.45) is 0 Å². The Bertz CT molecular complexity index is 1370. The van der Waals surface area contributed by atoms with Crippen LogP contribution in [0.15, 0.2) is 53.4 Å². The first kappa shape index (κ1) is 24.7. The number of urea groups is 1. The number of nitrogens with one attached hydrogen (secondary N) is 3. The second-order valence-corrected chi connectivity index (χ2v) is 11.7. The molecule has 2 heterocycles. The molecule has 0 fully saturated rings. The molecule has 3 amide bonds. The molecule has 0 aliphatic carbocycles. The number of thiazole rings is 1. The molecule has 0 unspecified atom stereocenters. The van der Waals surface area contributed by atoms with Crippen LogP contribution in [-0.2, 0) is 22.8 Å². The summed E-state index contributed by atoms with van der Waals surface area (Å²) in [6, 6.07) is 13.2.